The van der Waals surface area contributed by atoms with Crippen molar-refractivity contribution in [3.63, 3.8) is 0 Å². The van der Waals surface area contributed by atoms with Crippen LogP contribution in [0.2, 0.25) is 0 Å². The zero-order chi connectivity index (χ0) is 13.0. The van der Waals surface area contributed by atoms with Crippen LogP contribution in [0.5, 0.6) is 5.75 Å². The number of nitro benzene ring substituents is 1. The van der Waals surface area contributed by atoms with Crippen molar-refractivity contribution in [3.8, 4) is 5.75 Å². The molecule has 1 heterocycles. The molecule has 1 atom stereocenters. The van der Waals surface area contributed by atoms with E-state index in [1.165, 1.54) is 18.6 Å². The highest BCUT2D eigenvalue weighted by Crippen LogP contribution is 2.26. The molecule has 1 aromatic carbocycles. The van der Waals surface area contributed by atoms with E-state index in [1.807, 2.05) is 0 Å². The molecule has 0 saturated carbocycles. The van der Waals surface area contributed by atoms with Gasteiger partial charge in [0.2, 0.25) is 0 Å². The molecular weight excluding hydrogens is 347 g/mol. The third kappa shape index (κ3) is 3.55. The molecule has 2 rings (SSSR count). The van der Waals surface area contributed by atoms with Crippen molar-refractivity contribution < 1.29 is 9.66 Å². The van der Waals surface area contributed by atoms with Crippen molar-refractivity contribution in [1.29, 1.82) is 0 Å². The average molecular weight is 362 g/mol. The van der Waals surface area contributed by atoms with E-state index >= 15 is 0 Å². The summed E-state index contributed by atoms with van der Waals surface area (Å²) < 4.78 is 6.46. The number of benzene rings is 1. The van der Waals surface area contributed by atoms with Crippen molar-refractivity contribution in [1.82, 2.24) is 5.32 Å². The summed E-state index contributed by atoms with van der Waals surface area (Å²) in [4.78, 5) is 10.2. The normalized spacial score (nSPS) is 18.8. The fourth-order valence-corrected chi connectivity index (χ4v) is 2.67. The minimum Gasteiger partial charge on any atom is -0.492 e. The minimum atomic E-state index is -0.393. The molecule has 1 aromatic rings. The summed E-state index contributed by atoms with van der Waals surface area (Å²) in [6, 6.07) is 4.69. The number of hydrogen-bond donors (Lipinski definition) is 1. The van der Waals surface area contributed by atoms with Crippen molar-refractivity contribution in [2.75, 3.05) is 19.7 Å². The highest BCUT2D eigenvalue weighted by molar-refractivity contribution is 14.1. The smallest absolute Gasteiger partial charge is 0.270 e. The number of nitrogens with one attached hydrogen (secondary N) is 1. The minimum absolute atomic E-state index is 0.103. The maximum Gasteiger partial charge on any atom is 0.270 e. The number of hydrogen-bond acceptors (Lipinski definition) is 4. The van der Waals surface area contributed by atoms with Gasteiger partial charge in [-0.1, -0.05) is 0 Å². The highest BCUT2D eigenvalue weighted by atomic mass is 127. The molecule has 0 amide bonds. The SMILES string of the molecule is O=[N+]([O-])c1ccc(OCCC2CCNC2)c(I)c1. The predicted molar refractivity (Wildman–Crippen MR) is 76.9 cm³/mol. The van der Waals surface area contributed by atoms with Crippen molar-refractivity contribution in [2.45, 2.75) is 12.8 Å². The van der Waals surface area contributed by atoms with E-state index in [4.69, 9.17) is 4.74 Å². The zero-order valence-electron chi connectivity index (χ0n) is 9.89. The third-order valence-corrected chi connectivity index (χ3v) is 3.92. The molecular formula is C12H15IN2O3. The number of rotatable bonds is 5. The summed E-state index contributed by atoms with van der Waals surface area (Å²) >= 11 is 2.07. The Labute approximate surface area is 119 Å². The second-order valence-electron chi connectivity index (χ2n) is 4.37. The van der Waals surface area contributed by atoms with Crippen LogP contribution in [0.25, 0.3) is 0 Å². The van der Waals surface area contributed by atoms with E-state index < -0.39 is 4.92 Å². The molecule has 0 spiro atoms. The van der Waals surface area contributed by atoms with Gasteiger partial charge in [-0.2, -0.15) is 0 Å². The lowest BCUT2D eigenvalue weighted by Gasteiger charge is -2.11. The fourth-order valence-electron chi connectivity index (χ4n) is 2.02. The first-order chi connectivity index (χ1) is 8.66. The van der Waals surface area contributed by atoms with Crippen LogP contribution in [-0.4, -0.2) is 24.6 Å². The van der Waals surface area contributed by atoms with E-state index in [2.05, 4.69) is 27.9 Å². The van der Waals surface area contributed by atoms with E-state index in [9.17, 15) is 10.1 Å². The van der Waals surface area contributed by atoms with Gasteiger partial charge in [-0.25, -0.2) is 0 Å². The van der Waals surface area contributed by atoms with E-state index in [1.54, 1.807) is 6.07 Å². The molecule has 1 aliphatic heterocycles. The van der Waals surface area contributed by atoms with Crippen LogP contribution in [-0.2, 0) is 0 Å². The van der Waals surface area contributed by atoms with Crippen LogP contribution in [0.4, 0.5) is 5.69 Å². The fraction of sp³-hybridized carbons (Fsp3) is 0.500. The summed E-state index contributed by atoms with van der Waals surface area (Å²) in [7, 11) is 0. The summed E-state index contributed by atoms with van der Waals surface area (Å²) in [5, 5.41) is 13.9. The van der Waals surface area contributed by atoms with Gasteiger partial charge in [-0.15, -0.1) is 0 Å². The molecule has 0 radical (unpaired) electrons. The standard InChI is InChI=1S/C12H15IN2O3/c13-11-7-10(15(16)17)1-2-12(11)18-6-4-9-3-5-14-8-9/h1-2,7,9,14H,3-6,8H2. The van der Waals surface area contributed by atoms with Crippen LogP contribution in [0.3, 0.4) is 0 Å². The van der Waals surface area contributed by atoms with Gasteiger partial charge in [-0.3, -0.25) is 10.1 Å². The van der Waals surface area contributed by atoms with Gasteiger partial charge in [-0.05, 0) is 60.5 Å². The first-order valence-electron chi connectivity index (χ1n) is 5.94. The Morgan fingerprint density at radius 3 is 3.00 bits per heavy atom. The number of halogens is 1. The van der Waals surface area contributed by atoms with Gasteiger partial charge in [0.15, 0.2) is 0 Å². The molecule has 6 heteroatoms. The Kier molecular flexibility index (Phi) is 4.76. The molecule has 1 saturated heterocycles. The Bertz CT molecular complexity index is 433. The Balaban J connectivity index is 1.87. The van der Waals surface area contributed by atoms with E-state index in [-0.39, 0.29) is 5.69 Å². The molecule has 1 N–H and O–H groups in total. The van der Waals surface area contributed by atoms with Gasteiger partial charge in [0.1, 0.15) is 5.75 Å². The number of non-ortho nitro benzene ring substituents is 1. The van der Waals surface area contributed by atoms with E-state index in [0.29, 0.717) is 12.5 Å². The van der Waals surface area contributed by atoms with Crippen molar-refractivity contribution >= 4 is 28.3 Å². The van der Waals surface area contributed by atoms with Gasteiger partial charge in [0.25, 0.3) is 5.69 Å². The monoisotopic (exact) mass is 362 g/mol. The third-order valence-electron chi connectivity index (χ3n) is 3.07. The molecule has 5 nitrogen and oxygen atoms in total. The lowest BCUT2D eigenvalue weighted by atomic mass is 10.1. The highest BCUT2D eigenvalue weighted by Gasteiger charge is 2.15. The van der Waals surface area contributed by atoms with Crippen LogP contribution >= 0.6 is 22.6 Å². The molecule has 1 aliphatic rings. The summed E-state index contributed by atoms with van der Waals surface area (Å²) in [6.07, 6.45) is 2.24. The topological polar surface area (TPSA) is 64.4 Å². The number of nitro groups is 1. The maximum atomic E-state index is 10.6. The van der Waals surface area contributed by atoms with Gasteiger partial charge in [0.05, 0.1) is 15.1 Å². The molecule has 0 bridgehead atoms. The summed E-state index contributed by atoms with van der Waals surface area (Å²) in [6.45, 7) is 2.83. The lowest BCUT2D eigenvalue weighted by Crippen LogP contribution is -2.11. The molecule has 0 aliphatic carbocycles. The quantitative estimate of drug-likeness (QED) is 0.497. The first-order valence-corrected chi connectivity index (χ1v) is 7.02. The number of nitrogens with zero attached hydrogens (tertiary/aromatic N) is 1. The average Bonchev–Trinajstić information content (AvgIpc) is 2.84. The molecule has 1 unspecified atom stereocenters. The first kappa shape index (κ1) is 13.5. The molecule has 18 heavy (non-hydrogen) atoms. The molecule has 98 valence electrons. The maximum absolute atomic E-state index is 10.6. The summed E-state index contributed by atoms with van der Waals surface area (Å²) in [5.41, 5.74) is 0.103. The van der Waals surface area contributed by atoms with Crippen LogP contribution in [0.1, 0.15) is 12.8 Å². The van der Waals surface area contributed by atoms with Crippen molar-refractivity contribution in [2.24, 2.45) is 5.92 Å². The summed E-state index contributed by atoms with van der Waals surface area (Å²) in [5.74, 6) is 1.42. The zero-order valence-corrected chi connectivity index (χ0v) is 12.1. The van der Waals surface area contributed by atoms with Gasteiger partial charge < -0.3 is 10.1 Å². The predicted octanol–water partition coefficient (Wildman–Crippen LogP) is 2.58. The largest absolute Gasteiger partial charge is 0.492 e. The van der Waals surface area contributed by atoms with Gasteiger partial charge >= 0.3 is 0 Å². The molecule has 1 fully saturated rings. The second-order valence-corrected chi connectivity index (χ2v) is 5.53. The van der Waals surface area contributed by atoms with Crippen molar-refractivity contribution in [3.05, 3.63) is 31.9 Å². The Morgan fingerprint density at radius 1 is 1.56 bits per heavy atom. The van der Waals surface area contributed by atoms with Gasteiger partial charge in [0, 0.05) is 12.1 Å². The van der Waals surface area contributed by atoms with Crippen LogP contribution < -0.4 is 10.1 Å². The second kappa shape index (κ2) is 6.33. The Hall–Kier alpha value is -0.890. The lowest BCUT2D eigenvalue weighted by molar-refractivity contribution is -0.385. The van der Waals surface area contributed by atoms with Crippen LogP contribution in [0, 0.1) is 19.6 Å². The number of ether oxygens (including phenoxy) is 1. The Morgan fingerprint density at radius 2 is 2.39 bits per heavy atom. The molecule has 0 aromatic heterocycles. The van der Waals surface area contributed by atoms with Crippen LogP contribution in [0.15, 0.2) is 18.2 Å². The van der Waals surface area contributed by atoms with E-state index in [0.717, 1.165) is 28.8 Å².